The molecule has 5 heteroatoms. The van der Waals surface area contributed by atoms with Crippen LogP contribution in [0, 0.1) is 5.92 Å². The number of aromatic amines is 1. The molecule has 1 saturated carbocycles. The second-order valence-electron chi connectivity index (χ2n) is 5.50. The van der Waals surface area contributed by atoms with Crippen molar-refractivity contribution in [1.82, 2.24) is 15.1 Å². The molecule has 1 aromatic rings. The van der Waals surface area contributed by atoms with Gasteiger partial charge in [-0.1, -0.05) is 26.7 Å². The van der Waals surface area contributed by atoms with Crippen molar-refractivity contribution in [2.75, 3.05) is 12.3 Å². The largest absolute Gasteiger partial charge is 0.382 e. The third-order valence-electron chi connectivity index (χ3n) is 3.42. The predicted molar refractivity (Wildman–Crippen MR) is 71.1 cm³/mol. The Bertz CT molecular complexity index is 407. The standard InChI is InChI=1S/C13H22N4O/c1-9(2)8-17(10-5-3-4-6-10)13(18)11-7-12(14)16-15-11/h7,9-10H,3-6,8H2,1-2H3,(H3,14,15,16). The number of nitrogen functional groups attached to an aromatic ring is 1. The molecule has 2 rings (SSSR count). The summed E-state index contributed by atoms with van der Waals surface area (Å²) in [5, 5.41) is 6.55. The van der Waals surface area contributed by atoms with Gasteiger partial charge in [-0.25, -0.2) is 0 Å². The van der Waals surface area contributed by atoms with Crippen molar-refractivity contribution < 1.29 is 4.79 Å². The van der Waals surface area contributed by atoms with Gasteiger partial charge >= 0.3 is 0 Å². The van der Waals surface area contributed by atoms with E-state index in [1.165, 1.54) is 12.8 Å². The zero-order chi connectivity index (χ0) is 13.1. The lowest BCUT2D eigenvalue weighted by Gasteiger charge is -2.30. The molecule has 1 aliphatic rings. The topological polar surface area (TPSA) is 75.0 Å². The van der Waals surface area contributed by atoms with E-state index in [0.717, 1.165) is 19.4 Å². The molecule has 0 bridgehead atoms. The van der Waals surface area contributed by atoms with E-state index in [9.17, 15) is 4.79 Å². The SMILES string of the molecule is CC(C)CN(C(=O)c1cc(N)n[nH]1)C1CCCC1. The lowest BCUT2D eigenvalue weighted by atomic mass is 10.1. The molecular formula is C13H22N4O. The van der Waals surface area contributed by atoms with Gasteiger partial charge in [0.1, 0.15) is 11.5 Å². The number of aromatic nitrogens is 2. The van der Waals surface area contributed by atoms with E-state index in [1.54, 1.807) is 6.07 Å². The zero-order valence-corrected chi connectivity index (χ0v) is 11.1. The minimum atomic E-state index is 0.0276. The third kappa shape index (κ3) is 2.83. The van der Waals surface area contributed by atoms with Gasteiger partial charge in [-0.15, -0.1) is 0 Å². The van der Waals surface area contributed by atoms with E-state index < -0.39 is 0 Å². The number of carbonyl (C=O) groups excluding carboxylic acids is 1. The Labute approximate surface area is 108 Å². The van der Waals surface area contributed by atoms with Crippen molar-refractivity contribution in [2.45, 2.75) is 45.6 Å². The zero-order valence-electron chi connectivity index (χ0n) is 11.1. The number of hydrogen-bond donors (Lipinski definition) is 2. The number of nitrogens with two attached hydrogens (primary N) is 1. The van der Waals surface area contributed by atoms with Crippen molar-refractivity contribution in [3.63, 3.8) is 0 Å². The highest BCUT2D eigenvalue weighted by Crippen LogP contribution is 2.25. The fourth-order valence-corrected chi connectivity index (χ4v) is 2.61. The van der Waals surface area contributed by atoms with E-state index in [2.05, 4.69) is 24.0 Å². The normalized spacial score (nSPS) is 16.4. The summed E-state index contributed by atoms with van der Waals surface area (Å²) >= 11 is 0. The average Bonchev–Trinajstić information content (AvgIpc) is 2.95. The molecule has 0 aliphatic heterocycles. The molecule has 1 heterocycles. The highest BCUT2D eigenvalue weighted by atomic mass is 16.2. The number of hydrogen-bond acceptors (Lipinski definition) is 3. The number of rotatable bonds is 4. The maximum absolute atomic E-state index is 12.5. The molecular weight excluding hydrogens is 228 g/mol. The van der Waals surface area contributed by atoms with Gasteiger partial charge in [-0.3, -0.25) is 9.89 Å². The van der Waals surface area contributed by atoms with Crippen LogP contribution in [0.3, 0.4) is 0 Å². The lowest BCUT2D eigenvalue weighted by molar-refractivity contribution is 0.0649. The molecule has 1 fully saturated rings. The molecule has 0 unspecified atom stereocenters. The van der Waals surface area contributed by atoms with Crippen LogP contribution < -0.4 is 5.73 Å². The Balaban J connectivity index is 2.14. The summed E-state index contributed by atoms with van der Waals surface area (Å²) in [7, 11) is 0. The minimum absolute atomic E-state index is 0.0276. The fraction of sp³-hybridized carbons (Fsp3) is 0.692. The maximum atomic E-state index is 12.5. The molecule has 1 aromatic heterocycles. The summed E-state index contributed by atoms with van der Waals surface area (Å²) in [6, 6.07) is 1.99. The van der Waals surface area contributed by atoms with Crippen molar-refractivity contribution in [3.05, 3.63) is 11.8 Å². The van der Waals surface area contributed by atoms with E-state index in [-0.39, 0.29) is 5.91 Å². The van der Waals surface area contributed by atoms with Crippen LogP contribution in [-0.4, -0.2) is 33.6 Å². The number of nitrogens with one attached hydrogen (secondary N) is 1. The van der Waals surface area contributed by atoms with Crippen LogP contribution in [0.2, 0.25) is 0 Å². The summed E-state index contributed by atoms with van der Waals surface area (Å²) in [5.74, 6) is 0.865. The van der Waals surface area contributed by atoms with E-state index >= 15 is 0 Å². The first-order valence-corrected chi connectivity index (χ1v) is 6.69. The number of H-pyrrole nitrogens is 1. The minimum Gasteiger partial charge on any atom is -0.382 e. The average molecular weight is 250 g/mol. The first-order chi connectivity index (χ1) is 8.58. The molecule has 0 radical (unpaired) electrons. The number of carbonyl (C=O) groups is 1. The van der Waals surface area contributed by atoms with Crippen molar-refractivity contribution in [3.8, 4) is 0 Å². The lowest BCUT2D eigenvalue weighted by Crippen LogP contribution is -2.41. The molecule has 5 nitrogen and oxygen atoms in total. The summed E-state index contributed by atoms with van der Waals surface area (Å²) in [4.78, 5) is 14.5. The smallest absolute Gasteiger partial charge is 0.272 e. The van der Waals surface area contributed by atoms with E-state index in [1.807, 2.05) is 4.90 Å². The van der Waals surface area contributed by atoms with Crippen molar-refractivity contribution in [1.29, 1.82) is 0 Å². The van der Waals surface area contributed by atoms with Gasteiger partial charge in [0.2, 0.25) is 0 Å². The van der Waals surface area contributed by atoms with Gasteiger partial charge in [0.25, 0.3) is 5.91 Å². The highest BCUT2D eigenvalue weighted by Gasteiger charge is 2.28. The van der Waals surface area contributed by atoms with Crippen LogP contribution in [0.25, 0.3) is 0 Å². The molecule has 18 heavy (non-hydrogen) atoms. The molecule has 1 amide bonds. The third-order valence-corrected chi connectivity index (χ3v) is 3.42. The van der Waals surface area contributed by atoms with E-state index in [4.69, 9.17) is 5.73 Å². The van der Waals surface area contributed by atoms with Gasteiger partial charge < -0.3 is 10.6 Å². The first-order valence-electron chi connectivity index (χ1n) is 6.69. The van der Waals surface area contributed by atoms with Gasteiger partial charge in [0, 0.05) is 18.7 Å². The van der Waals surface area contributed by atoms with Crippen LogP contribution in [0.5, 0.6) is 0 Å². The summed E-state index contributed by atoms with van der Waals surface area (Å²) < 4.78 is 0. The fourth-order valence-electron chi connectivity index (χ4n) is 2.61. The predicted octanol–water partition coefficient (Wildman–Crippen LogP) is 2.03. The summed E-state index contributed by atoms with van der Waals surface area (Å²) in [5.41, 5.74) is 6.06. The van der Waals surface area contributed by atoms with Crippen LogP contribution in [0.15, 0.2) is 6.07 Å². The van der Waals surface area contributed by atoms with Crippen molar-refractivity contribution in [2.24, 2.45) is 5.92 Å². The summed E-state index contributed by atoms with van der Waals surface area (Å²) in [6.07, 6.45) is 4.67. The maximum Gasteiger partial charge on any atom is 0.272 e. The second-order valence-corrected chi connectivity index (χ2v) is 5.50. The first kappa shape index (κ1) is 12.9. The number of anilines is 1. The van der Waals surface area contributed by atoms with Crippen LogP contribution >= 0.6 is 0 Å². The van der Waals surface area contributed by atoms with Gasteiger partial charge in [0.15, 0.2) is 0 Å². The Morgan fingerprint density at radius 2 is 2.22 bits per heavy atom. The molecule has 0 atom stereocenters. The second kappa shape index (κ2) is 5.42. The molecule has 0 saturated heterocycles. The molecule has 0 spiro atoms. The van der Waals surface area contributed by atoms with Gasteiger partial charge in [-0.05, 0) is 18.8 Å². The van der Waals surface area contributed by atoms with Crippen LogP contribution in [0.1, 0.15) is 50.0 Å². The molecule has 100 valence electrons. The molecule has 1 aliphatic carbocycles. The number of nitrogens with zero attached hydrogens (tertiary/aromatic N) is 2. The van der Waals surface area contributed by atoms with Crippen molar-refractivity contribution >= 4 is 11.7 Å². The Morgan fingerprint density at radius 1 is 1.56 bits per heavy atom. The molecule has 3 N–H and O–H groups in total. The van der Waals surface area contributed by atoms with E-state index in [0.29, 0.717) is 23.5 Å². The van der Waals surface area contributed by atoms with Gasteiger partial charge in [-0.2, -0.15) is 5.10 Å². The Hall–Kier alpha value is -1.52. The van der Waals surface area contributed by atoms with Crippen LogP contribution in [0.4, 0.5) is 5.82 Å². The monoisotopic (exact) mass is 250 g/mol. The number of amides is 1. The van der Waals surface area contributed by atoms with Gasteiger partial charge in [0.05, 0.1) is 0 Å². The van der Waals surface area contributed by atoms with Crippen LogP contribution in [-0.2, 0) is 0 Å². The molecule has 0 aromatic carbocycles. The Kier molecular flexibility index (Phi) is 3.89. The quantitative estimate of drug-likeness (QED) is 0.858. The summed E-state index contributed by atoms with van der Waals surface area (Å²) in [6.45, 7) is 5.07. The highest BCUT2D eigenvalue weighted by molar-refractivity contribution is 5.93. The Morgan fingerprint density at radius 3 is 2.72 bits per heavy atom.